The Morgan fingerprint density at radius 2 is 1.79 bits per heavy atom. The van der Waals surface area contributed by atoms with Crippen molar-refractivity contribution in [1.82, 2.24) is 4.98 Å². The number of phenolic OH excluding ortho intramolecular Hbond substituents is 1. The fourth-order valence-electron chi connectivity index (χ4n) is 1.29. The van der Waals surface area contributed by atoms with Gasteiger partial charge in [0.05, 0.1) is 5.02 Å². The summed E-state index contributed by atoms with van der Waals surface area (Å²) in [6.07, 6.45) is 1.11. The zero-order chi connectivity index (χ0) is 14.0. The summed E-state index contributed by atoms with van der Waals surface area (Å²) in [4.78, 5) is 3.57. The van der Waals surface area contributed by atoms with E-state index < -0.39 is 10.0 Å². The Labute approximate surface area is 119 Å². The summed E-state index contributed by atoms with van der Waals surface area (Å²) in [7, 11) is -3.80. The van der Waals surface area contributed by atoms with Gasteiger partial charge in [-0.2, -0.15) is 0 Å². The van der Waals surface area contributed by atoms with E-state index in [-0.39, 0.29) is 20.8 Å². The minimum absolute atomic E-state index is 0.0326. The van der Waals surface area contributed by atoms with Gasteiger partial charge >= 0.3 is 0 Å². The van der Waals surface area contributed by atoms with Gasteiger partial charge in [0.25, 0.3) is 10.0 Å². The molecule has 2 rings (SSSR count). The van der Waals surface area contributed by atoms with E-state index in [0.717, 1.165) is 6.20 Å². The van der Waals surface area contributed by atoms with E-state index in [1.807, 2.05) is 0 Å². The highest BCUT2D eigenvalue weighted by molar-refractivity contribution is 7.92. The Bertz CT molecular complexity index is 702. The second-order valence-corrected chi connectivity index (χ2v) is 6.04. The topological polar surface area (TPSA) is 79.3 Å². The van der Waals surface area contributed by atoms with E-state index >= 15 is 0 Å². The molecule has 8 heteroatoms. The molecule has 0 fully saturated rings. The van der Waals surface area contributed by atoms with Crippen LogP contribution in [0.1, 0.15) is 0 Å². The van der Waals surface area contributed by atoms with Gasteiger partial charge in [-0.15, -0.1) is 0 Å². The molecule has 0 unspecified atom stereocenters. The average Bonchev–Trinajstić information content (AvgIpc) is 2.35. The Morgan fingerprint density at radius 3 is 2.37 bits per heavy atom. The number of hydrogen-bond acceptors (Lipinski definition) is 4. The van der Waals surface area contributed by atoms with Gasteiger partial charge in [0.15, 0.2) is 0 Å². The molecule has 1 aromatic carbocycles. The fraction of sp³-hybridized carbons (Fsp3) is 0. The maximum Gasteiger partial charge on any atom is 0.263 e. The molecule has 5 nitrogen and oxygen atoms in total. The van der Waals surface area contributed by atoms with Gasteiger partial charge in [-0.05, 0) is 30.3 Å². The first-order valence-electron chi connectivity index (χ1n) is 5.01. The van der Waals surface area contributed by atoms with Crippen LogP contribution in [0.15, 0.2) is 41.4 Å². The molecule has 0 spiro atoms. The van der Waals surface area contributed by atoms with Crippen LogP contribution in [0.4, 0.5) is 5.69 Å². The molecule has 1 aromatic heterocycles. The van der Waals surface area contributed by atoms with Gasteiger partial charge in [0, 0.05) is 11.9 Å². The van der Waals surface area contributed by atoms with Crippen LogP contribution in [-0.4, -0.2) is 18.5 Å². The zero-order valence-electron chi connectivity index (χ0n) is 9.34. The van der Waals surface area contributed by atoms with Crippen LogP contribution in [-0.2, 0) is 10.0 Å². The van der Waals surface area contributed by atoms with E-state index in [9.17, 15) is 8.42 Å². The number of pyridine rings is 1. The molecule has 1 heterocycles. The Balaban J connectivity index is 2.32. The lowest BCUT2D eigenvalue weighted by Gasteiger charge is -2.08. The third-order valence-corrected chi connectivity index (χ3v) is 4.24. The molecule has 19 heavy (non-hydrogen) atoms. The van der Waals surface area contributed by atoms with Gasteiger partial charge in [0.2, 0.25) is 0 Å². The normalized spacial score (nSPS) is 11.3. The summed E-state index contributed by atoms with van der Waals surface area (Å²) in [6.45, 7) is 0. The minimum atomic E-state index is -3.80. The Kier molecular flexibility index (Phi) is 3.84. The monoisotopic (exact) mass is 318 g/mol. The van der Waals surface area contributed by atoms with Crippen LogP contribution in [0.5, 0.6) is 5.75 Å². The molecule has 0 saturated carbocycles. The number of phenols is 1. The van der Waals surface area contributed by atoms with Crippen molar-refractivity contribution in [2.45, 2.75) is 4.90 Å². The van der Waals surface area contributed by atoms with Crippen molar-refractivity contribution < 1.29 is 13.5 Å². The summed E-state index contributed by atoms with van der Waals surface area (Å²) >= 11 is 11.3. The summed E-state index contributed by atoms with van der Waals surface area (Å²) in [5.74, 6) is 0.0409. The molecule has 2 aromatic rings. The Hall–Kier alpha value is -1.50. The second-order valence-electron chi connectivity index (χ2n) is 3.60. The molecule has 0 aliphatic carbocycles. The lowest BCUT2D eigenvalue weighted by molar-refractivity contribution is 0.475. The van der Waals surface area contributed by atoms with E-state index in [4.69, 9.17) is 28.3 Å². The summed E-state index contributed by atoms with van der Waals surface area (Å²) in [5, 5.41) is 9.20. The van der Waals surface area contributed by atoms with E-state index in [0.29, 0.717) is 5.69 Å². The highest BCUT2D eigenvalue weighted by Crippen LogP contribution is 2.24. The maximum absolute atomic E-state index is 12.0. The van der Waals surface area contributed by atoms with Crippen molar-refractivity contribution >= 4 is 38.9 Å². The number of benzene rings is 1. The number of anilines is 1. The minimum Gasteiger partial charge on any atom is -0.508 e. The largest absolute Gasteiger partial charge is 0.508 e. The lowest BCUT2D eigenvalue weighted by atomic mass is 10.3. The standard InChI is InChI=1S/C11H8Cl2N2O3S/c12-10-5-9(6-14-11(10)13)19(17,18)15-7-1-3-8(16)4-2-7/h1-6,15-16H. The zero-order valence-corrected chi connectivity index (χ0v) is 11.7. The van der Waals surface area contributed by atoms with Crippen LogP contribution in [0.3, 0.4) is 0 Å². The van der Waals surface area contributed by atoms with Crippen molar-refractivity contribution in [2.24, 2.45) is 0 Å². The first-order valence-corrected chi connectivity index (χ1v) is 7.25. The second kappa shape index (κ2) is 5.24. The predicted octanol–water partition coefficient (Wildman–Crippen LogP) is 2.89. The number of rotatable bonds is 3. The summed E-state index contributed by atoms with van der Waals surface area (Å²) in [5.41, 5.74) is 0.309. The van der Waals surface area contributed by atoms with Gasteiger partial charge in [-0.1, -0.05) is 23.2 Å². The fourth-order valence-corrected chi connectivity index (χ4v) is 2.66. The molecule has 100 valence electrons. The predicted molar refractivity (Wildman–Crippen MR) is 73.2 cm³/mol. The first-order chi connectivity index (χ1) is 8.88. The third-order valence-electron chi connectivity index (χ3n) is 2.20. The number of nitrogens with zero attached hydrogens (tertiary/aromatic N) is 1. The van der Waals surface area contributed by atoms with Crippen molar-refractivity contribution in [3.8, 4) is 5.75 Å². The van der Waals surface area contributed by atoms with E-state index in [2.05, 4.69) is 9.71 Å². The van der Waals surface area contributed by atoms with E-state index in [1.165, 1.54) is 30.3 Å². The molecule has 0 bridgehead atoms. The van der Waals surface area contributed by atoms with E-state index in [1.54, 1.807) is 0 Å². The average molecular weight is 319 g/mol. The smallest absolute Gasteiger partial charge is 0.263 e. The molecule has 0 saturated heterocycles. The van der Waals surface area contributed by atoms with Gasteiger partial charge in [-0.25, -0.2) is 13.4 Å². The van der Waals surface area contributed by atoms with Crippen LogP contribution in [0.25, 0.3) is 0 Å². The number of hydrogen-bond donors (Lipinski definition) is 2. The lowest BCUT2D eigenvalue weighted by Crippen LogP contribution is -2.13. The van der Waals surface area contributed by atoms with Crippen LogP contribution < -0.4 is 4.72 Å². The number of halogens is 2. The number of nitrogens with one attached hydrogen (secondary N) is 1. The highest BCUT2D eigenvalue weighted by Gasteiger charge is 2.16. The first kappa shape index (κ1) is 13.9. The molecule has 0 amide bonds. The maximum atomic E-state index is 12.0. The molecular formula is C11H8Cl2N2O3S. The van der Waals surface area contributed by atoms with Gasteiger partial charge in [0.1, 0.15) is 15.8 Å². The summed E-state index contributed by atoms with van der Waals surface area (Å²) in [6, 6.07) is 6.80. The molecule has 0 aliphatic rings. The third kappa shape index (κ3) is 3.28. The summed E-state index contributed by atoms with van der Waals surface area (Å²) < 4.78 is 26.4. The van der Waals surface area contributed by atoms with Crippen molar-refractivity contribution in [2.75, 3.05) is 4.72 Å². The van der Waals surface area contributed by atoms with Crippen LogP contribution in [0, 0.1) is 0 Å². The SMILES string of the molecule is O=S(=O)(Nc1ccc(O)cc1)c1cnc(Cl)c(Cl)c1. The highest BCUT2D eigenvalue weighted by atomic mass is 35.5. The van der Waals surface area contributed by atoms with Crippen LogP contribution in [0.2, 0.25) is 10.2 Å². The van der Waals surface area contributed by atoms with Gasteiger partial charge in [-0.3, -0.25) is 4.72 Å². The number of aromatic hydroxyl groups is 1. The Morgan fingerprint density at radius 1 is 1.16 bits per heavy atom. The van der Waals surface area contributed by atoms with Crippen molar-refractivity contribution in [3.05, 3.63) is 46.7 Å². The quantitative estimate of drug-likeness (QED) is 0.673. The number of sulfonamides is 1. The number of aromatic nitrogens is 1. The molecule has 2 N–H and O–H groups in total. The molecule has 0 atom stereocenters. The van der Waals surface area contributed by atoms with Gasteiger partial charge < -0.3 is 5.11 Å². The van der Waals surface area contributed by atoms with Crippen molar-refractivity contribution in [1.29, 1.82) is 0 Å². The molecular weight excluding hydrogens is 311 g/mol. The van der Waals surface area contributed by atoms with Crippen LogP contribution >= 0.6 is 23.2 Å². The molecule has 0 aliphatic heterocycles. The molecule has 0 radical (unpaired) electrons. The van der Waals surface area contributed by atoms with Crippen molar-refractivity contribution in [3.63, 3.8) is 0 Å².